The first kappa shape index (κ1) is 13.5. The molecular formula is C14H9BrF2N2S. The Morgan fingerprint density at radius 1 is 1.15 bits per heavy atom. The number of fused-ring (bicyclic) bond motifs is 1. The fourth-order valence-corrected chi connectivity index (χ4v) is 2.69. The number of rotatable bonds is 2. The molecule has 1 heterocycles. The van der Waals surface area contributed by atoms with Gasteiger partial charge >= 0.3 is 0 Å². The van der Waals surface area contributed by atoms with E-state index in [4.69, 9.17) is 12.2 Å². The van der Waals surface area contributed by atoms with Crippen LogP contribution in [0.2, 0.25) is 0 Å². The molecular weight excluding hydrogens is 346 g/mol. The highest BCUT2D eigenvalue weighted by Gasteiger charge is 2.09. The summed E-state index contributed by atoms with van der Waals surface area (Å²) >= 11 is 8.43. The van der Waals surface area contributed by atoms with Gasteiger partial charge in [0.2, 0.25) is 0 Å². The maximum atomic E-state index is 13.5. The second-order valence-electron chi connectivity index (χ2n) is 4.43. The van der Waals surface area contributed by atoms with Crippen molar-refractivity contribution in [2.45, 2.75) is 6.54 Å². The van der Waals surface area contributed by atoms with Gasteiger partial charge in [-0.25, -0.2) is 8.78 Å². The SMILES string of the molecule is Fc1ccc(Cn2c(=S)[nH]c3cc(F)c(Br)cc32)cc1. The number of hydrogen-bond acceptors (Lipinski definition) is 1. The topological polar surface area (TPSA) is 20.7 Å². The Hall–Kier alpha value is -1.53. The summed E-state index contributed by atoms with van der Waals surface area (Å²) in [6, 6.07) is 9.30. The molecule has 2 aromatic carbocycles. The van der Waals surface area contributed by atoms with E-state index in [1.165, 1.54) is 18.2 Å². The van der Waals surface area contributed by atoms with Gasteiger partial charge in [0.25, 0.3) is 0 Å². The quantitative estimate of drug-likeness (QED) is 0.656. The second-order valence-corrected chi connectivity index (χ2v) is 5.67. The molecule has 0 radical (unpaired) electrons. The van der Waals surface area contributed by atoms with Gasteiger partial charge in [-0.15, -0.1) is 0 Å². The summed E-state index contributed by atoms with van der Waals surface area (Å²) in [5.41, 5.74) is 2.36. The van der Waals surface area contributed by atoms with Crippen LogP contribution >= 0.6 is 28.1 Å². The predicted molar refractivity (Wildman–Crippen MR) is 80.3 cm³/mol. The van der Waals surface area contributed by atoms with Gasteiger partial charge in [0.1, 0.15) is 11.6 Å². The zero-order valence-electron chi connectivity index (χ0n) is 10.2. The smallest absolute Gasteiger partial charge is 0.178 e. The molecule has 102 valence electrons. The highest BCUT2D eigenvalue weighted by Crippen LogP contribution is 2.24. The first-order valence-corrected chi connectivity index (χ1v) is 7.07. The summed E-state index contributed by atoms with van der Waals surface area (Å²) in [7, 11) is 0. The van der Waals surface area contributed by atoms with E-state index in [2.05, 4.69) is 20.9 Å². The Labute approximate surface area is 127 Å². The minimum absolute atomic E-state index is 0.277. The lowest BCUT2D eigenvalue weighted by molar-refractivity contribution is 0.622. The molecule has 1 aromatic heterocycles. The largest absolute Gasteiger partial charge is 0.330 e. The van der Waals surface area contributed by atoms with E-state index in [1.807, 2.05) is 4.57 Å². The van der Waals surface area contributed by atoms with Gasteiger partial charge in [-0.3, -0.25) is 0 Å². The van der Waals surface area contributed by atoms with Crippen molar-refractivity contribution in [2.24, 2.45) is 0 Å². The standard InChI is InChI=1S/C14H9BrF2N2S/c15-10-5-13-12(6-11(10)17)18-14(20)19(13)7-8-1-3-9(16)4-2-8/h1-6H,7H2,(H,18,20). The van der Waals surface area contributed by atoms with Gasteiger partial charge in [-0.05, 0) is 51.9 Å². The average molecular weight is 355 g/mol. The Balaban J connectivity index is 2.11. The molecule has 20 heavy (non-hydrogen) atoms. The second kappa shape index (κ2) is 5.10. The fourth-order valence-electron chi connectivity index (χ4n) is 2.08. The Morgan fingerprint density at radius 3 is 2.55 bits per heavy atom. The van der Waals surface area contributed by atoms with E-state index in [1.54, 1.807) is 18.2 Å². The number of nitrogens with one attached hydrogen (secondary N) is 1. The van der Waals surface area contributed by atoms with E-state index in [0.717, 1.165) is 11.1 Å². The molecule has 3 aromatic rings. The third-order valence-corrected chi connectivity index (χ3v) is 4.00. The first-order chi connectivity index (χ1) is 9.54. The molecule has 3 rings (SSSR count). The molecule has 0 saturated heterocycles. The van der Waals surface area contributed by atoms with Gasteiger partial charge in [0.05, 0.1) is 22.1 Å². The molecule has 0 unspecified atom stereocenters. The van der Waals surface area contributed by atoms with E-state index in [9.17, 15) is 8.78 Å². The molecule has 1 N–H and O–H groups in total. The number of aromatic nitrogens is 2. The third-order valence-electron chi connectivity index (χ3n) is 3.07. The van der Waals surface area contributed by atoms with Crippen LogP contribution in [0, 0.1) is 16.4 Å². The van der Waals surface area contributed by atoms with Crippen LogP contribution in [0.4, 0.5) is 8.78 Å². The van der Waals surface area contributed by atoms with Crippen molar-refractivity contribution < 1.29 is 8.78 Å². The molecule has 0 aliphatic carbocycles. The van der Waals surface area contributed by atoms with Gasteiger partial charge in [-0.2, -0.15) is 0 Å². The number of hydrogen-bond donors (Lipinski definition) is 1. The lowest BCUT2D eigenvalue weighted by atomic mass is 10.2. The Kier molecular flexibility index (Phi) is 3.43. The maximum absolute atomic E-state index is 13.5. The van der Waals surface area contributed by atoms with Crippen LogP contribution in [0.25, 0.3) is 11.0 Å². The highest BCUT2D eigenvalue weighted by atomic mass is 79.9. The van der Waals surface area contributed by atoms with Gasteiger partial charge in [0.15, 0.2) is 4.77 Å². The van der Waals surface area contributed by atoms with Crippen LogP contribution in [0.5, 0.6) is 0 Å². The molecule has 0 aliphatic heterocycles. The summed E-state index contributed by atoms with van der Waals surface area (Å²) in [5, 5.41) is 0. The van der Waals surface area contributed by atoms with Gasteiger partial charge < -0.3 is 9.55 Å². The monoisotopic (exact) mass is 354 g/mol. The molecule has 0 amide bonds. The normalized spacial score (nSPS) is 11.2. The van der Waals surface area contributed by atoms with Crippen molar-refractivity contribution in [2.75, 3.05) is 0 Å². The van der Waals surface area contributed by atoms with Crippen molar-refractivity contribution in [1.29, 1.82) is 0 Å². The minimum atomic E-state index is -0.345. The number of imidazole rings is 1. The minimum Gasteiger partial charge on any atom is -0.330 e. The number of aromatic amines is 1. The molecule has 0 spiro atoms. The lowest BCUT2D eigenvalue weighted by Crippen LogP contribution is -1.99. The van der Waals surface area contributed by atoms with Crippen molar-refractivity contribution in [3.8, 4) is 0 Å². The number of nitrogens with zero attached hydrogens (tertiary/aromatic N) is 1. The lowest BCUT2D eigenvalue weighted by Gasteiger charge is -2.05. The van der Waals surface area contributed by atoms with Gasteiger partial charge in [-0.1, -0.05) is 12.1 Å². The summed E-state index contributed by atoms with van der Waals surface area (Å²) in [4.78, 5) is 2.97. The molecule has 2 nitrogen and oxygen atoms in total. The van der Waals surface area contributed by atoms with E-state index in [0.29, 0.717) is 21.3 Å². The van der Waals surface area contributed by atoms with Crippen LogP contribution in [0.1, 0.15) is 5.56 Å². The Morgan fingerprint density at radius 2 is 1.85 bits per heavy atom. The molecule has 6 heteroatoms. The van der Waals surface area contributed by atoms with Crippen LogP contribution in [0.15, 0.2) is 40.9 Å². The summed E-state index contributed by atoms with van der Waals surface area (Å²) in [5.74, 6) is -0.622. The van der Waals surface area contributed by atoms with Gasteiger partial charge in [0, 0.05) is 6.07 Å². The van der Waals surface area contributed by atoms with E-state index >= 15 is 0 Å². The Bertz CT molecular complexity index is 837. The zero-order chi connectivity index (χ0) is 14.3. The van der Waals surface area contributed by atoms with Crippen molar-refractivity contribution >= 4 is 39.2 Å². The van der Waals surface area contributed by atoms with Crippen molar-refractivity contribution in [1.82, 2.24) is 9.55 Å². The fraction of sp³-hybridized carbons (Fsp3) is 0.0714. The number of halogens is 3. The average Bonchev–Trinajstić information content (AvgIpc) is 2.69. The predicted octanol–water partition coefficient (Wildman–Crippen LogP) is 4.79. The zero-order valence-corrected chi connectivity index (χ0v) is 12.6. The van der Waals surface area contributed by atoms with E-state index < -0.39 is 0 Å². The molecule has 0 aliphatic rings. The third kappa shape index (κ3) is 2.41. The van der Waals surface area contributed by atoms with Crippen molar-refractivity contribution in [3.05, 3.63) is 62.8 Å². The highest BCUT2D eigenvalue weighted by molar-refractivity contribution is 9.10. The maximum Gasteiger partial charge on any atom is 0.178 e. The summed E-state index contributed by atoms with van der Waals surface area (Å²) < 4.78 is 29.2. The van der Waals surface area contributed by atoms with Crippen LogP contribution in [-0.2, 0) is 6.54 Å². The number of H-pyrrole nitrogens is 1. The molecule has 0 bridgehead atoms. The number of benzene rings is 2. The summed E-state index contributed by atoms with van der Waals surface area (Å²) in [6.07, 6.45) is 0. The molecule has 0 saturated carbocycles. The molecule has 0 atom stereocenters. The van der Waals surface area contributed by atoms with Crippen LogP contribution in [-0.4, -0.2) is 9.55 Å². The van der Waals surface area contributed by atoms with Crippen LogP contribution < -0.4 is 0 Å². The summed E-state index contributed by atoms with van der Waals surface area (Å²) in [6.45, 7) is 0.497. The van der Waals surface area contributed by atoms with Crippen molar-refractivity contribution in [3.63, 3.8) is 0 Å². The first-order valence-electron chi connectivity index (χ1n) is 5.86. The van der Waals surface area contributed by atoms with Crippen LogP contribution in [0.3, 0.4) is 0 Å². The van der Waals surface area contributed by atoms with E-state index in [-0.39, 0.29) is 11.6 Å². The molecule has 0 fully saturated rings.